The average molecular weight is 501 g/mol. The predicted molar refractivity (Wildman–Crippen MR) is 136 cm³/mol. The molecule has 2 aromatic carbocycles. The molecule has 190 valence electrons. The molecule has 10 heteroatoms. The van der Waals surface area contributed by atoms with Crippen molar-refractivity contribution in [2.45, 2.75) is 43.7 Å². The molecule has 0 spiro atoms. The van der Waals surface area contributed by atoms with Gasteiger partial charge in [0.1, 0.15) is 6.04 Å². The van der Waals surface area contributed by atoms with Crippen LogP contribution in [-0.4, -0.2) is 64.5 Å². The topological polar surface area (TPSA) is 131 Å². The van der Waals surface area contributed by atoms with Crippen molar-refractivity contribution in [2.75, 3.05) is 24.5 Å². The number of amides is 4. The maximum Gasteiger partial charge on any atom is 0.259 e. The zero-order chi connectivity index (χ0) is 25.7. The highest BCUT2D eigenvalue weighted by atomic mass is 16.2. The van der Waals surface area contributed by atoms with E-state index in [4.69, 9.17) is 5.73 Å². The van der Waals surface area contributed by atoms with Crippen molar-refractivity contribution >= 4 is 40.6 Å². The molecule has 4 amide bonds. The number of carbonyl (C=O) groups is 4. The minimum absolute atomic E-state index is 0.208. The first-order valence-corrected chi connectivity index (χ1v) is 12.6. The second kappa shape index (κ2) is 8.81. The van der Waals surface area contributed by atoms with E-state index in [1.165, 1.54) is 4.90 Å². The number of carbonyl (C=O) groups excluding carboxylic acids is 4. The van der Waals surface area contributed by atoms with Crippen LogP contribution in [0.25, 0.3) is 10.8 Å². The van der Waals surface area contributed by atoms with Crippen molar-refractivity contribution in [2.24, 2.45) is 5.73 Å². The Morgan fingerprint density at radius 2 is 1.95 bits per heavy atom. The van der Waals surface area contributed by atoms with Crippen LogP contribution in [-0.2, 0) is 26.3 Å². The Bertz CT molecular complexity index is 1440. The largest absolute Gasteiger partial charge is 0.345 e. The molecule has 6 rings (SSSR count). The lowest BCUT2D eigenvalue weighted by molar-refractivity contribution is -0.134. The van der Waals surface area contributed by atoms with E-state index in [-0.39, 0.29) is 23.8 Å². The molecule has 0 saturated carbocycles. The molecule has 0 bridgehead atoms. The van der Waals surface area contributed by atoms with Crippen molar-refractivity contribution in [1.29, 1.82) is 0 Å². The summed E-state index contributed by atoms with van der Waals surface area (Å²) in [4.78, 5) is 52.0. The maximum absolute atomic E-state index is 13.4. The monoisotopic (exact) mass is 500 g/mol. The van der Waals surface area contributed by atoms with Gasteiger partial charge in [0.15, 0.2) is 0 Å². The number of likely N-dealkylation sites (tertiary alicyclic amines) is 1. The molecule has 4 heterocycles. The van der Waals surface area contributed by atoms with Crippen LogP contribution in [0, 0.1) is 0 Å². The molecular weight excluding hydrogens is 472 g/mol. The number of aromatic nitrogens is 2. The number of nitrogens with two attached hydrogens (primary N) is 1. The van der Waals surface area contributed by atoms with Crippen LogP contribution >= 0.6 is 0 Å². The van der Waals surface area contributed by atoms with E-state index in [1.54, 1.807) is 11.0 Å². The van der Waals surface area contributed by atoms with E-state index in [0.29, 0.717) is 43.7 Å². The molecule has 10 nitrogen and oxygen atoms in total. The third kappa shape index (κ3) is 3.71. The summed E-state index contributed by atoms with van der Waals surface area (Å²) in [6.07, 6.45) is 7.41. The van der Waals surface area contributed by atoms with Gasteiger partial charge in [-0.15, -0.1) is 0 Å². The highest BCUT2D eigenvalue weighted by Gasteiger charge is 2.41. The van der Waals surface area contributed by atoms with Crippen molar-refractivity contribution in [3.8, 4) is 0 Å². The molecule has 0 radical (unpaired) electrons. The van der Waals surface area contributed by atoms with Gasteiger partial charge in [-0.25, -0.2) is 0 Å². The van der Waals surface area contributed by atoms with E-state index in [0.717, 1.165) is 41.2 Å². The quantitative estimate of drug-likeness (QED) is 0.388. The van der Waals surface area contributed by atoms with E-state index in [9.17, 15) is 19.2 Å². The number of anilines is 1. The van der Waals surface area contributed by atoms with Gasteiger partial charge in [-0.2, -0.15) is 5.10 Å². The lowest BCUT2D eigenvalue weighted by Crippen LogP contribution is -2.53. The summed E-state index contributed by atoms with van der Waals surface area (Å²) in [5.41, 5.74) is 9.22. The molecule has 1 unspecified atom stereocenters. The third-order valence-electron chi connectivity index (χ3n) is 8.11. The standard InChI is InChI=1S/C27H28N6O4/c28-15-27(8-10-31(16-34)11-9-27)32-14-17(13-29-32)12-18-4-5-21-24-19(18)2-1-3-20(24)26(37)33(21)22-6-7-23(35)30-25(22)36/h1-5,13-14,16,22H,6-12,15,28H2,(H,30,35,36). The van der Waals surface area contributed by atoms with Gasteiger partial charge in [0.25, 0.3) is 5.91 Å². The fraction of sp³-hybridized carbons (Fsp3) is 0.370. The normalized spacial score (nSPS) is 21.0. The molecule has 37 heavy (non-hydrogen) atoms. The van der Waals surface area contributed by atoms with E-state index >= 15 is 0 Å². The number of nitrogens with zero attached hydrogens (tertiary/aromatic N) is 4. The van der Waals surface area contributed by atoms with Gasteiger partial charge in [-0.05, 0) is 47.9 Å². The van der Waals surface area contributed by atoms with Crippen molar-refractivity contribution < 1.29 is 19.2 Å². The third-order valence-corrected chi connectivity index (χ3v) is 8.11. The van der Waals surface area contributed by atoms with E-state index < -0.39 is 11.9 Å². The number of benzene rings is 2. The zero-order valence-corrected chi connectivity index (χ0v) is 20.4. The maximum atomic E-state index is 13.4. The van der Waals surface area contributed by atoms with Crippen molar-refractivity contribution in [3.63, 3.8) is 0 Å². The van der Waals surface area contributed by atoms with Gasteiger partial charge in [-0.3, -0.25) is 34.1 Å². The van der Waals surface area contributed by atoms with Crippen LogP contribution in [0.3, 0.4) is 0 Å². The van der Waals surface area contributed by atoms with Gasteiger partial charge in [0.2, 0.25) is 18.2 Å². The Balaban J connectivity index is 1.31. The molecule has 3 aliphatic heterocycles. The molecule has 3 N–H and O–H groups in total. The van der Waals surface area contributed by atoms with Gasteiger partial charge in [-0.1, -0.05) is 18.2 Å². The number of nitrogens with one attached hydrogen (secondary N) is 1. The SMILES string of the molecule is NCC1(n2cc(Cc3ccc4c5c(cccc35)C(=O)N4C3CCC(=O)NC3=O)cn2)CCN(C=O)CC1. The number of imide groups is 1. The summed E-state index contributed by atoms with van der Waals surface area (Å²) >= 11 is 0. The minimum atomic E-state index is -0.706. The molecule has 2 fully saturated rings. The molecule has 3 aromatic rings. The lowest BCUT2D eigenvalue weighted by Gasteiger charge is -2.40. The molecule has 1 aromatic heterocycles. The van der Waals surface area contributed by atoms with Crippen LogP contribution in [0.15, 0.2) is 42.7 Å². The number of piperidine rings is 2. The molecular formula is C27H28N6O4. The Morgan fingerprint density at radius 1 is 1.14 bits per heavy atom. The molecule has 1 atom stereocenters. The van der Waals surface area contributed by atoms with Crippen LogP contribution in [0.5, 0.6) is 0 Å². The smallest absolute Gasteiger partial charge is 0.259 e. The van der Waals surface area contributed by atoms with Gasteiger partial charge >= 0.3 is 0 Å². The first-order valence-electron chi connectivity index (χ1n) is 12.6. The van der Waals surface area contributed by atoms with Gasteiger partial charge < -0.3 is 10.6 Å². The number of hydrogen-bond acceptors (Lipinski definition) is 6. The molecule has 2 saturated heterocycles. The van der Waals surface area contributed by atoms with Crippen molar-refractivity contribution in [1.82, 2.24) is 20.0 Å². The highest BCUT2D eigenvalue weighted by Crippen LogP contribution is 2.41. The number of hydrogen-bond donors (Lipinski definition) is 2. The predicted octanol–water partition coefficient (Wildman–Crippen LogP) is 1.30. The minimum Gasteiger partial charge on any atom is -0.345 e. The summed E-state index contributed by atoms with van der Waals surface area (Å²) in [7, 11) is 0. The van der Waals surface area contributed by atoms with Crippen LogP contribution in [0.4, 0.5) is 5.69 Å². The van der Waals surface area contributed by atoms with E-state index in [2.05, 4.69) is 10.4 Å². The Labute approximate surface area is 213 Å². The summed E-state index contributed by atoms with van der Waals surface area (Å²) in [5.74, 6) is -0.960. The Morgan fingerprint density at radius 3 is 2.68 bits per heavy atom. The number of rotatable bonds is 6. The average Bonchev–Trinajstić information content (AvgIpc) is 3.50. The molecule has 3 aliphatic rings. The Hall–Kier alpha value is -4.05. The molecule has 0 aliphatic carbocycles. The Kier molecular flexibility index (Phi) is 5.56. The first-order chi connectivity index (χ1) is 17.9. The van der Waals surface area contributed by atoms with Crippen LogP contribution < -0.4 is 16.0 Å². The van der Waals surface area contributed by atoms with Crippen LogP contribution in [0.2, 0.25) is 0 Å². The second-order valence-electron chi connectivity index (χ2n) is 10.2. The second-order valence-corrected chi connectivity index (χ2v) is 10.2. The van der Waals surface area contributed by atoms with Crippen LogP contribution in [0.1, 0.15) is 47.2 Å². The fourth-order valence-corrected chi connectivity index (χ4v) is 5.96. The van der Waals surface area contributed by atoms with E-state index in [1.807, 2.05) is 41.3 Å². The summed E-state index contributed by atoms with van der Waals surface area (Å²) in [6, 6.07) is 8.85. The fourth-order valence-electron chi connectivity index (χ4n) is 5.96. The zero-order valence-electron chi connectivity index (χ0n) is 20.4. The van der Waals surface area contributed by atoms with Crippen molar-refractivity contribution in [3.05, 3.63) is 59.4 Å². The van der Waals surface area contributed by atoms with Gasteiger partial charge in [0.05, 0.1) is 17.4 Å². The highest BCUT2D eigenvalue weighted by molar-refractivity contribution is 6.27. The van der Waals surface area contributed by atoms with Gasteiger partial charge in [0, 0.05) is 49.6 Å². The lowest BCUT2D eigenvalue weighted by atomic mass is 9.88. The summed E-state index contributed by atoms with van der Waals surface area (Å²) in [5, 5.41) is 8.81. The summed E-state index contributed by atoms with van der Waals surface area (Å²) < 4.78 is 1.96. The summed E-state index contributed by atoms with van der Waals surface area (Å²) in [6.45, 7) is 1.76. The first kappa shape index (κ1) is 23.4.